The summed E-state index contributed by atoms with van der Waals surface area (Å²) in [5, 5.41) is 10.3. The molecule has 0 radical (unpaired) electrons. The molecule has 0 bridgehead atoms. The first-order chi connectivity index (χ1) is 14.9. The largest absolute Gasteiger partial charge is 0.504 e. The number of hydrogen-bond acceptors (Lipinski definition) is 9. The number of aromatic hydroxyl groups is 1. The molecule has 0 fully saturated rings. The van der Waals surface area contributed by atoms with Gasteiger partial charge in [-0.1, -0.05) is 13.8 Å². The Labute approximate surface area is 176 Å². The first-order valence-electron chi connectivity index (χ1n) is 9.43. The van der Waals surface area contributed by atoms with Gasteiger partial charge in [-0.3, -0.25) is 14.4 Å². The minimum Gasteiger partial charge on any atom is -0.504 e. The Morgan fingerprint density at radius 2 is 1.58 bits per heavy atom. The van der Waals surface area contributed by atoms with Crippen LogP contribution >= 0.6 is 0 Å². The van der Waals surface area contributed by atoms with E-state index in [1.807, 2.05) is 0 Å². The molecule has 1 aromatic heterocycles. The van der Waals surface area contributed by atoms with Crippen LogP contribution in [0.2, 0.25) is 0 Å². The van der Waals surface area contributed by atoms with Crippen LogP contribution < -0.4 is 24.4 Å². The van der Waals surface area contributed by atoms with Gasteiger partial charge >= 0.3 is 11.9 Å². The lowest BCUT2D eigenvalue weighted by atomic mass is 10.2. The number of hydrogen-bond donors (Lipinski definition) is 1. The fraction of sp³-hybridized carbons (Fsp3) is 0.227. The molecule has 0 amide bonds. The Kier molecular flexibility index (Phi) is 6.44. The predicted octanol–water partition coefficient (Wildman–Crippen LogP) is 3.93. The Bertz CT molecular complexity index is 1180. The van der Waals surface area contributed by atoms with Gasteiger partial charge in [0.1, 0.15) is 22.5 Å². The van der Waals surface area contributed by atoms with E-state index in [1.54, 1.807) is 13.8 Å². The summed E-state index contributed by atoms with van der Waals surface area (Å²) in [6, 6.07) is 8.44. The summed E-state index contributed by atoms with van der Waals surface area (Å²) in [6.07, 6.45) is 0.340. The van der Waals surface area contributed by atoms with E-state index in [-0.39, 0.29) is 47.2 Å². The number of ether oxygens (including phenoxy) is 4. The fourth-order valence-corrected chi connectivity index (χ4v) is 2.65. The molecule has 0 spiro atoms. The standard InChI is InChI=1S/C22H20O9/c1-4-17(24)28-12-6-8-13(9-7-12)29-19-10-14(23)20-15(31-19)11-16(30-18(25)5-2)22(27-3)21(20)26/h6-11,26H,4-5H2,1-3H3. The number of phenolic OH excluding ortho intramolecular Hbond substituents is 1. The van der Waals surface area contributed by atoms with Crippen LogP contribution in [0.3, 0.4) is 0 Å². The number of benzene rings is 2. The van der Waals surface area contributed by atoms with Crippen molar-refractivity contribution in [1.29, 1.82) is 0 Å². The number of rotatable bonds is 7. The average Bonchev–Trinajstić information content (AvgIpc) is 2.74. The fourth-order valence-electron chi connectivity index (χ4n) is 2.65. The van der Waals surface area contributed by atoms with Crippen molar-refractivity contribution in [1.82, 2.24) is 0 Å². The topological polar surface area (TPSA) is 122 Å². The molecule has 1 N–H and O–H groups in total. The van der Waals surface area contributed by atoms with E-state index in [4.69, 9.17) is 23.4 Å². The van der Waals surface area contributed by atoms with Gasteiger partial charge in [-0.2, -0.15) is 0 Å². The number of fused-ring (bicyclic) bond motifs is 1. The smallest absolute Gasteiger partial charge is 0.311 e. The first kappa shape index (κ1) is 21.7. The minimum atomic E-state index is -0.589. The van der Waals surface area contributed by atoms with Gasteiger partial charge in [-0.25, -0.2) is 0 Å². The summed E-state index contributed by atoms with van der Waals surface area (Å²) >= 11 is 0. The zero-order valence-electron chi connectivity index (χ0n) is 17.1. The lowest BCUT2D eigenvalue weighted by Gasteiger charge is -2.12. The van der Waals surface area contributed by atoms with Crippen LogP contribution in [-0.4, -0.2) is 24.2 Å². The molecule has 2 aromatic carbocycles. The molecule has 0 saturated heterocycles. The third kappa shape index (κ3) is 4.77. The molecule has 0 aliphatic carbocycles. The highest BCUT2D eigenvalue weighted by molar-refractivity contribution is 5.90. The van der Waals surface area contributed by atoms with Crippen LogP contribution in [0.25, 0.3) is 11.0 Å². The summed E-state index contributed by atoms with van der Waals surface area (Å²) in [5.74, 6) is -1.20. The molecule has 0 atom stereocenters. The quantitative estimate of drug-likeness (QED) is 0.440. The molecule has 162 valence electrons. The summed E-state index contributed by atoms with van der Waals surface area (Å²) in [6.45, 7) is 3.29. The zero-order chi connectivity index (χ0) is 22.5. The maximum Gasteiger partial charge on any atom is 0.311 e. The van der Waals surface area contributed by atoms with E-state index in [1.165, 1.54) is 37.4 Å². The average molecular weight is 428 g/mol. The number of carbonyl (C=O) groups excluding carboxylic acids is 2. The Morgan fingerprint density at radius 1 is 0.968 bits per heavy atom. The normalized spacial score (nSPS) is 10.5. The summed E-state index contributed by atoms with van der Waals surface area (Å²) in [5.41, 5.74) is -0.651. The highest BCUT2D eigenvalue weighted by Crippen LogP contribution is 2.42. The third-order valence-electron chi connectivity index (χ3n) is 4.17. The molecule has 31 heavy (non-hydrogen) atoms. The van der Waals surface area contributed by atoms with Gasteiger partial charge in [0.15, 0.2) is 11.5 Å². The second-order valence-electron chi connectivity index (χ2n) is 6.29. The van der Waals surface area contributed by atoms with Crippen LogP contribution in [-0.2, 0) is 9.59 Å². The third-order valence-corrected chi connectivity index (χ3v) is 4.17. The van der Waals surface area contributed by atoms with Gasteiger partial charge in [0.05, 0.1) is 13.2 Å². The summed E-state index contributed by atoms with van der Waals surface area (Å²) < 4.78 is 26.5. The summed E-state index contributed by atoms with van der Waals surface area (Å²) in [4.78, 5) is 35.6. The molecule has 3 rings (SSSR count). The van der Waals surface area contributed by atoms with Crippen molar-refractivity contribution >= 4 is 22.9 Å². The van der Waals surface area contributed by atoms with E-state index in [9.17, 15) is 19.5 Å². The monoisotopic (exact) mass is 428 g/mol. The minimum absolute atomic E-state index is 0.0619. The van der Waals surface area contributed by atoms with Crippen molar-refractivity contribution in [2.75, 3.05) is 7.11 Å². The molecule has 9 heteroatoms. The van der Waals surface area contributed by atoms with Crippen LogP contribution in [0, 0.1) is 0 Å². The van der Waals surface area contributed by atoms with Crippen molar-refractivity contribution in [3.05, 3.63) is 46.6 Å². The predicted molar refractivity (Wildman–Crippen MR) is 109 cm³/mol. The van der Waals surface area contributed by atoms with Gasteiger partial charge in [-0.15, -0.1) is 0 Å². The van der Waals surface area contributed by atoms with Crippen LogP contribution in [0.4, 0.5) is 0 Å². The molecular weight excluding hydrogens is 408 g/mol. The van der Waals surface area contributed by atoms with Gasteiger partial charge in [0, 0.05) is 18.9 Å². The molecule has 0 aliphatic rings. The number of phenols is 1. The number of methoxy groups -OCH3 is 1. The van der Waals surface area contributed by atoms with Gasteiger partial charge in [0.25, 0.3) is 5.95 Å². The number of esters is 2. The lowest BCUT2D eigenvalue weighted by molar-refractivity contribution is -0.135. The van der Waals surface area contributed by atoms with Crippen molar-refractivity contribution in [2.24, 2.45) is 0 Å². The van der Waals surface area contributed by atoms with Gasteiger partial charge < -0.3 is 28.5 Å². The Hall–Kier alpha value is -4.01. The highest BCUT2D eigenvalue weighted by Gasteiger charge is 2.21. The first-order valence-corrected chi connectivity index (χ1v) is 9.43. The van der Waals surface area contributed by atoms with Gasteiger partial charge in [-0.05, 0) is 24.3 Å². The van der Waals surface area contributed by atoms with E-state index >= 15 is 0 Å². The second kappa shape index (κ2) is 9.21. The second-order valence-corrected chi connectivity index (χ2v) is 6.29. The van der Waals surface area contributed by atoms with Crippen molar-refractivity contribution < 1.29 is 38.1 Å². The molecule has 9 nitrogen and oxygen atoms in total. The van der Waals surface area contributed by atoms with Crippen molar-refractivity contribution in [3.8, 4) is 34.7 Å². The van der Waals surface area contributed by atoms with E-state index in [0.29, 0.717) is 11.5 Å². The Morgan fingerprint density at radius 3 is 2.19 bits per heavy atom. The van der Waals surface area contributed by atoms with Crippen LogP contribution in [0.1, 0.15) is 26.7 Å². The van der Waals surface area contributed by atoms with Crippen LogP contribution in [0.15, 0.2) is 45.6 Å². The van der Waals surface area contributed by atoms with Crippen molar-refractivity contribution in [3.63, 3.8) is 0 Å². The van der Waals surface area contributed by atoms with Crippen LogP contribution in [0.5, 0.6) is 34.7 Å². The maximum absolute atomic E-state index is 12.6. The van der Waals surface area contributed by atoms with E-state index < -0.39 is 17.1 Å². The molecule has 1 heterocycles. The van der Waals surface area contributed by atoms with Crippen molar-refractivity contribution in [2.45, 2.75) is 26.7 Å². The molecule has 0 unspecified atom stereocenters. The SMILES string of the molecule is CCC(=O)Oc1ccc(Oc2cc(=O)c3c(O)c(OC)c(OC(=O)CC)cc3o2)cc1. The molecule has 3 aromatic rings. The molecule has 0 saturated carbocycles. The van der Waals surface area contributed by atoms with Gasteiger partial charge in [0.2, 0.25) is 11.2 Å². The number of carbonyl (C=O) groups is 2. The maximum atomic E-state index is 12.6. The molecular formula is C22H20O9. The summed E-state index contributed by atoms with van der Waals surface area (Å²) in [7, 11) is 1.27. The lowest BCUT2D eigenvalue weighted by Crippen LogP contribution is -2.08. The Balaban J connectivity index is 1.96. The van der Waals surface area contributed by atoms with E-state index in [0.717, 1.165) is 6.07 Å². The molecule has 0 aliphatic heterocycles. The highest BCUT2D eigenvalue weighted by atomic mass is 16.6. The van der Waals surface area contributed by atoms with E-state index in [2.05, 4.69) is 0 Å². The zero-order valence-corrected chi connectivity index (χ0v) is 17.1.